The minimum Gasteiger partial charge on any atom is -0.492 e. The van der Waals surface area contributed by atoms with Crippen LogP contribution in [0.15, 0.2) is 30.0 Å². The molecule has 1 heterocycles. The van der Waals surface area contributed by atoms with Crippen LogP contribution in [0.5, 0.6) is 5.75 Å². The predicted octanol–water partition coefficient (Wildman–Crippen LogP) is 2.09. The predicted molar refractivity (Wildman–Crippen MR) is 96.4 cm³/mol. The van der Waals surface area contributed by atoms with Gasteiger partial charge in [-0.25, -0.2) is 9.55 Å². The molecular formula is C18H20N4O4. The monoisotopic (exact) mass is 356 g/mol. The average Bonchev–Trinajstić information content (AvgIpc) is 3.08. The number of benzene rings is 1. The third-order valence-electron chi connectivity index (χ3n) is 4.29. The third kappa shape index (κ3) is 3.50. The number of ketones is 1. The Kier molecular flexibility index (Phi) is 4.85. The molecule has 8 heteroatoms. The second-order valence-corrected chi connectivity index (χ2v) is 6.44. The van der Waals surface area contributed by atoms with Crippen molar-refractivity contribution in [2.45, 2.75) is 6.42 Å². The number of imidazole rings is 1. The van der Waals surface area contributed by atoms with Crippen molar-refractivity contribution >= 4 is 17.7 Å². The summed E-state index contributed by atoms with van der Waals surface area (Å²) < 4.78 is 7.08. The Morgan fingerprint density at radius 1 is 1.42 bits per heavy atom. The number of likely N-dealkylation sites (N-methyl/N-ethyl adjacent to an activating group) is 1. The van der Waals surface area contributed by atoms with Crippen LogP contribution >= 0.6 is 0 Å². The molecule has 0 saturated heterocycles. The number of hydrogen-bond donors (Lipinski definition) is 0. The van der Waals surface area contributed by atoms with Gasteiger partial charge in [-0.3, -0.25) is 4.79 Å². The van der Waals surface area contributed by atoms with Crippen LogP contribution < -0.4 is 4.74 Å². The highest BCUT2D eigenvalue weighted by Crippen LogP contribution is 2.31. The van der Waals surface area contributed by atoms with Crippen molar-refractivity contribution in [3.8, 4) is 5.75 Å². The molecular weight excluding hydrogens is 336 g/mol. The molecule has 1 aliphatic rings. The summed E-state index contributed by atoms with van der Waals surface area (Å²) in [6.45, 7) is 1.37. The number of nitrogens with zero attached hydrogens (tertiary/aromatic N) is 4. The van der Waals surface area contributed by atoms with E-state index in [0.29, 0.717) is 30.0 Å². The van der Waals surface area contributed by atoms with E-state index in [2.05, 4.69) is 4.98 Å². The van der Waals surface area contributed by atoms with Gasteiger partial charge in [-0.15, -0.1) is 0 Å². The molecule has 0 amide bonds. The second kappa shape index (κ2) is 7.09. The molecule has 26 heavy (non-hydrogen) atoms. The van der Waals surface area contributed by atoms with Gasteiger partial charge in [0.05, 0.1) is 7.05 Å². The Labute approximate surface area is 150 Å². The Balaban J connectivity index is 1.80. The fourth-order valence-electron chi connectivity index (χ4n) is 2.82. The highest BCUT2D eigenvalue weighted by molar-refractivity contribution is 6.15. The van der Waals surface area contributed by atoms with Crippen molar-refractivity contribution in [3.05, 3.63) is 57.0 Å². The molecule has 0 atom stereocenters. The second-order valence-electron chi connectivity index (χ2n) is 6.44. The maximum absolute atomic E-state index is 12.6. The van der Waals surface area contributed by atoms with Crippen LogP contribution in [-0.2, 0) is 13.5 Å². The van der Waals surface area contributed by atoms with E-state index in [0.717, 1.165) is 17.9 Å². The number of Topliss-reactive ketones (excluding diaryl/α,β-unsaturated/α-hetero) is 1. The number of nitro groups is 1. The Morgan fingerprint density at radius 3 is 2.85 bits per heavy atom. The lowest BCUT2D eigenvalue weighted by molar-refractivity contribution is -0.391. The molecule has 0 radical (unpaired) electrons. The van der Waals surface area contributed by atoms with Gasteiger partial charge >= 0.3 is 5.82 Å². The van der Waals surface area contributed by atoms with E-state index in [1.54, 1.807) is 25.3 Å². The first kappa shape index (κ1) is 17.8. The van der Waals surface area contributed by atoms with Gasteiger partial charge in [-0.05, 0) is 42.8 Å². The summed E-state index contributed by atoms with van der Waals surface area (Å²) in [5.41, 5.74) is 2.10. The SMILES string of the molecule is CN(C)CCOc1ccc2c(c1)C/C(=C\c1ncc([N+](=O)[O-])n1C)C2=O. The normalized spacial score (nSPS) is 14.9. The molecule has 1 aromatic carbocycles. The zero-order valence-electron chi connectivity index (χ0n) is 14.9. The summed E-state index contributed by atoms with van der Waals surface area (Å²) in [4.78, 5) is 29.1. The van der Waals surface area contributed by atoms with Gasteiger partial charge in [-0.1, -0.05) is 0 Å². The molecule has 0 spiro atoms. The van der Waals surface area contributed by atoms with Crippen LogP contribution in [-0.4, -0.2) is 52.4 Å². The number of fused-ring (bicyclic) bond motifs is 1. The van der Waals surface area contributed by atoms with E-state index >= 15 is 0 Å². The van der Waals surface area contributed by atoms with Crippen LogP contribution in [0.3, 0.4) is 0 Å². The maximum Gasteiger partial charge on any atom is 0.342 e. The quantitative estimate of drug-likeness (QED) is 0.447. The summed E-state index contributed by atoms with van der Waals surface area (Å²) in [6.07, 6.45) is 3.26. The molecule has 1 aromatic heterocycles. The van der Waals surface area contributed by atoms with Crippen molar-refractivity contribution in [2.24, 2.45) is 7.05 Å². The molecule has 0 unspecified atom stereocenters. The zero-order valence-corrected chi connectivity index (χ0v) is 14.9. The van der Waals surface area contributed by atoms with Crippen molar-refractivity contribution in [1.29, 1.82) is 0 Å². The third-order valence-corrected chi connectivity index (χ3v) is 4.29. The number of hydrogen-bond acceptors (Lipinski definition) is 6. The van der Waals surface area contributed by atoms with E-state index in [1.807, 2.05) is 25.1 Å². The Bertz CT molecular complexity index is 899. The molecule has 0 aliphatic heterocycles. The fraction of sp³-hybridized carbons (Fsp3) is 0.333. The van der Waals surface area contributed by atoms with Crippen LogP contribution in [0.1, 0.15) is 21.7 Å². The van der Waals surface area contributed by atoms with Crippen LogP contribution in [0, 0.1) is 10.1 Å². The van der Waals surface area contributed by atoms with Gasteiger partial charge in [0, 0.05) is 30.2 Å². The van der Waals surface area contributed by atoms with Gasteiger partial charge in [0.15, 0.2) is 5.78 Å². The fourth-order valence-corrected chi connectivity index (χ4v) is 2.82. The van der Waals surface area contributed by atoms with Crippen molar-refractivity contribution in [2.75, 3.05) is 27.2 Å². The number of aromatic nitrogens is 2. The highest BCUT2D eigenvalue weighted by Gasteiger charge is 2.27. The van der Waals surface area contributed by atoms with Crippen molar-refractivity contribution < 1.29 is 14.5 Å². The van der Waals surface area contributed by atoms with Crippen LogP contribution in [0.2, 0.25) is 0 Å². The first-order valence-corrected chi connectivity index (χ1v) is 8.18. The minimum absolute atomic E-state index is 0.0782. The topological polar surface area (TPSA) is 90.5 Å². The number of ether oxygens (including phenoxy) is 1. The first-order valence-electron chi connectivity index (χ1n) is 8.18. The maximum atomic E-state index is 12.6. The lowest BCUT2D eigenvalue weighted by Gasteiger charge is -2.11. The largest absolute Gasteiger partial charge is 0.492 e. The molecule has 0 saturated carbocycles. The number of carbonyl (C=O) groups is 1. The standard InChI is InChI=1S/C18H20N4O4/c1-20(2)6-7-26-14-4-5-15-12(9-14)8-13(18(15)23)10-16-19-11-17(21(16)3)22(24)25/h4-5,9-11H,6-8H2,1-3H3/b13-10+. The molecule has 1 aliphatic carbocycles. The van der Waals surface area contributed by atoms with Gasteiger partial charge in [0.1, 0.15) is 18.6 Å². The van der Waals surface area contributed by atoms with Crippen molar-refractivity contribution in [1.82, 2.24) is 14.5 Å². The van der Waals surface area contributed by atoms with Gasteiger partial charge < -0.3 is 19.8 Å². The summed E-state index contributed by atoms with van der Waals surface area (Å²) in [5, 5.41) is 10.9. The summed E-state index contributed by atoms with van der Waals surface area (Å²) in [7, 11) is 5.51. The van der Waals surface area contributed by atoms with Gasteiger partial charge in [0.2, 0.25) is 5.82 Å². The number of allylic oxidation sites excluding steroid dienone is 1. The van der Waals surface area contributed by atoms with Gasteiger partial charge in [0.25, 0.3) is 0 Å². The molecule has 3 rings (SSSR count). The highest BCUT2D eigenvalue weighted by atomic mass is 16.6. The molecule has 0 N–H and O–H groups in total. The van der Waals surface area contributed by atoms with Gasteiger partial charge in [-0.2, -0.15) is 0 Å². The lowest BCUT2D eigenvalue weighted by Crippen LogP contribution is -2.19. The van der Waals surface area contributed by atoms with E-state index in [-0.39, 0.29) is 11.6 Å². The first-order chi connectivity index (χ1) is 12.4. The van der Waals surface area contributed by atoms with E-state index in [9.17, 15) is 14.9 Å². The molecule has 2 aromatic rings. The lowest BCUT2D eigenvalue weighted by atomic mass is 10.1. The summed E-state index contributed by atoms with van der Waals surface area (Å²) in [5.74, 6) is 0.921. The van der Waals surface area contributed by atoms with E-state index in [4.69, 9.17) is 4.74 Å². The molecule has 8 nitrogen and oxygen atoms in total. The van der Waals surface area contributed by atoms with E-state index < -0.39 is 4.92 Å². The smallest absolute Gasteiger partial charge is 0.342 e. The number of rotatable bonds is 6. The van der Waals surface area contributed by atoms with Crippen LogP contribution in [0.25, 0.3) is 6.08 Å². The number of carbonyl (C=O) groups excluding carboxylic acids is 1. The van der Waals surface area contributed by atoms with Crippen LogP contribution in [0.4, 0.5) is 5.82 Å². The summed E-state index contributed by atoms with van der Waals surface area (Å²) >= 11 is 0. The molecule has 0 bridgehead atoms. The average molecular weight is 356 g/mol. The molecule has 0 fully saturated rings. The Hall–Kier alpha value is -3.00. The van der Waals surface area contributed by atoms with E-state index in [1.165, 1.54) is 10.8 Å². The van der Waals surface area contributed by atoms with Crippen molar-refractivity contribution in [3.63, 3.8) is 0 Å². The minimum atomic E-state index is -0.502. The molecule has 136 valence electrons. The summed E-state index contributed by atoms with van der Waals surface area (Å²) in [6, 6.07) is 5.44. The Morgan fingerprint density at radius 2 is 2.19 bits per heavy atom. The zero-order chi connectivity index (χ0) is 18.8.